The standard InChI is InChI=1S/C24H19N7/c1-3-20-19(11-15(2)17-12-26-14-27-13-17)23(31-30-20)24-28-21-6-4-5-18(22(21)29-24)16-7-9-25-10-8-16/h3-14,30H,2H2,1H3,(H,28,29)/b19-11+,20-3+. The van der Waals surface area contributed by atoms with E-state index < -0.39 is 0 Å². The number of nitrogens with zero attached hydrogens (tertiary/aromatic N) is 5. The fraction of sp³-hybridized carbons (Fsp3) is 0.0417. The van der Waals surface area contributed by atoms with Crippen molar-refractivity contribution in [1.82, 2.24) is 35.1 Å². The van der Waals surface area contributed by atoms with Crippen molar-refractivity contribution in [2.24, 2.45) is 0 Å². The Hall–Kier alpha value is -4.39. The number of allylic oxidation sites excluding steroid dienone is 1. The molecule has 4 aromatic heterocycles. The first-order chi connectivity index (χ1) is 15.2. The molecule has 4 heterocycles. The van der Waals surface area contributed by atoms with Gasteiger partial charge in [0.2, 0.25) is 0 Å². The third-order valence-electron chi connectivity index (χ3n) is 5.10. The van der Waals surface area contributed by atoms with E-state index in [1.54, 1.807) is 24.8 Å². The van der Waals surface area contributed by atoms with E-state index in [-0.39, 0.29) is 0 Å². The maximum Gasteiger partial charge on any atom is 0.159 e. The highest BCUT2D eigenvalue weighted by atomic mass is 15.1. The van der Waals surface area contributed by atoms with Crippen LogP contribution in [-0.2, 0) is 0 Å². The number of aromatic amines is 2. The second-order valence-corrected chi connectivity index (χ2v) is 7.01. The van der Waals surface area contributed by atoms with Gasteiger partial charge in [0.1, 0.15) is 12.0 Å². The molecule has 0 aliphatic rings. The molecule has 0 saturated carbocycles. The highest BCUT2D eigenvalue weighted by Gasteiger charge is 2.14. The van der Waals surface area contributed by atoms with Gasteiger partial charge in [-0.15, -0.1) is 0 Å². The summed E-state index contributed by atoms with van der Waals surface area (Å²) >= 11 is 0. The summed E-state index contributed by atoms with van der Waals surface area (Å²) in [6.45, 7) is 6.14. The number of aromatic nitrogens is 7. The Morgan fingerprint density at radius 2 is 1.84 bits per heavy atom. The molecule has 5 rings (SSSR count). The minimum Gasteiger partial charge on any atom is -0.337 e. The van der Waals surface area contributed by atoms with Gasteiger partial charge in [-0.05, 0) is 42.3 Å². The fourth-order valence-corrected chi connectivity index (χ4v) is 3.54. The topological polar surface area (TPSA) is 96.0 Å². The Morgan fingerprint density at radius 3 is 2.61 bits per heavy atom. The summed E-state index contributed by atoms with van der Waals surface area (Å²) in [4.78, 5) is 20.6. The average molecular weight is 405 g/mol. The predicted octanol–water partition coefficient (Wildman–Crippen LogP) is 3.10. The molecular weight excluding hydrogens is 386 g/mol. The quantitative estimate of drug-likeness (QED) is 0.479. The van der Waals surface area contributed by atoms with Crippen LogP contribution in [0.5, 0.6) is 0 Å². The van der Waals surface area contributed by atoms with Crippen molar-refractivity contribution in [3.8, 4) is 22.6 Å². The molecule has 150 valence electrons. The zero-order valence-electron chi connectivity index (χ0n) is 16.9. The van der Waals surface area contributed by atoms with E-state index in [9.17, 15) is 0 Å². The van der Waals surface area contributed by atoms with Crippen molar-refractivity contribution >= 4 is 28.8 Å². The van der Waals surface area contributed by atoms with Crippen LogP contribution in [0.4, 0.5) is 0 Å². The van der Waals surface area contributed by atoms with Crippen LogP contribution >= 0.6 is 0 Å². The van der Waals surface area contributed by atoms with E-state index in [2.05, 4.69) is 42.8 Å². The van der Waals surface area contributed by atoms with Gasteiger partial charge in [-0.1, -0.05) is 24.8 Å². The molecule has 0 radical (unpaired) electrons. The monoisotopic (exact) mass is 405 g/mol. The molecule has 5 aromatic rings. The van der Waals surface area contributed by atoms with E-state index in [0.717, 1.165) is 49.6 Å². The molecule has 0 atom stereocenters. The zero-order chi connectivity index (χ0) is 21.2. The van der Waals surface area contributed by atoms with Crippen LogP contribution in [0.3, 0.4) is 0 Å². The molecule has 0 saturated heterocycles. The number of rotatable bonds is 4. The maximum atomic E-state index is 4.90. The molecule has 31 heavy (non-hydrogen) atoms. The normalized spacial score (nSPS) is 12.5. The van der Waals surface area contributed by atoms with Crippen molar-refractivity contribution in [2.45, 2.75) is 6.92 Å². The Labute approximate surface area is 178 Å². The summed E-state index contributed by atoms with van der Waals surface area (Å²) in [6.07, 6.45) is 12.5. The first kappa shape index (κ1) is 18.6. The Morgan fingerprint density at radius 1 is 1.03 bits per heavy atom. The number of fused-ring (bicyclic) bond motifs is 1. The largest absolute Gasteiger partial charge is 0.337 e. The van der Waals surface area contributed by atoms with Crippen LogP contribution in [0.1, 0.15) is 12.5 Å². The van der Waals surface area contributed by atoms with E-state index in [4.69, 9.17) is 4.98 Å². The van der Waals surface area contributed by atoms with Crippen LogP contribution in [0.25, 0.3) is 51.4 Å². The Bertz CT molecular complexity index is 1500. The summed E-state index contributed by atoms with van der Waals surface area (Å²) in [5.74, 6) is 0.684. The number of nitrogens with one attached hydrogen (secondary N) is 2. The number of hydrogen-bond donors (Lipinski definition) is 2. The molecule has 0 bridgehead atoms. The summed E-state index contributed by atoms with van der Waals surface area (Å²) in [5, 5.41) is 9.43. The van der Waals surface area contributed by atoms with Crippen LogP contribution < -0.4 is 10.6 Å². The van der Waals surface area contributed by atoms with Gasteiger partial charge >= 0.3 is 0 Å². The van der Waals surface area contributed by atoms with Crippen molar-refractivity contribution in [3.05, 3.63) is 84.2 Å². The van der Waals surface area contributed by atoms with Gasteiger partial charge in [0, 0.05) is 41.1 Å². The molecule has 2 N–H and O–H groups in total. The van der Waals surface area contributed by atoms with Gasteiger partial charge < -0.3 is 4.98 Å². The van der Waals surface area contributed by atoms with E-state index in [1.165, 1.54) is 6.33 Å². The number of benzene rings is 1. The minimum absolute atomic E-state index is 0.684. The van der Waals surface area contributed by atoms with Gasteiger partial charge in [-0.2, -0.15) is 5.10 Å². The van der Waals surface area contributed by atoms with Crippen molar-refractivity contribution in [3.63, 3.8) is 0 Å². The summed E-state index contributed by atoms with van der Waals surface area (Å²) < 4.78 is 0. The maximum absolute atomic E-state index is 4.90. The molecule has 7 heteroatoms. The number of hydrogen-bond acceptors (Lipinski definition) is 5. The molecule has 0 fully saturated rings. The van der Waals surface area contributed by atoms with Gasteiger partial charge in [-0.25, -0.2) is 15.0 Å². The lowest BCUT2D eigenvalue weighted by Crippen LogP contribution is -2.23. The Kier molecular flexibility index (Phi) is 4.68. The molecular formula is C24H19N7. The van der Waals surface area contributed by atoms with Crippen LogP contribution in [0.15, 0.2) is 68.0 Å². The third kappa shape index (κ3) is 3.42. The molecule has 7 nitrogen and oxygen atoms in total. The highest BCUT2D eigenvalue weighted by Crippen LogP contribution is 2.28. The average Bonchev–Trinajstić information content (AvgIpc) is 3.43. The Balaban J connectivity index is 1.68. The summed E-state index contributed by atoms with van der Waals surface area (Å²) in [7, 11) is 0. The third-order valence-corrected chi connectivity index (χ3v) is 5.10. The smallest absolute Gasteiger partial charge is 0.159 e. The lowest BCUT2D eigenvalue weighted by molar-refractivity contribution is 1.05. The lowest BCUT2D eigenvalue weighted by Gasteiger charge is -2.01. The molecule has 0 aliphatic carbocycles. The second kappa shape index (κ2) is 7.79. The predicted molar refractivity (Wildman–Crippen MR) is 122 cm³/mol. The fourth-order valence-electron chi connectivity index (χ4n) is 3.54. The molecule has 0 aliphatic heterocycles. The number of pyridine rings is 1. The van der Waals surface area contributed by atoms with E-state index >= 15 is 0 Å². The van der Waals surface area contributed by atoms with Gasteiger partial charge in [0.25, 0.3) is 0 Å². The number of para-hydroxylation sites is 1. The van der Waals surface area contributed by atoms with E-state index in [1.807, 2.05) is 43.3 Å². The second-order valence-electron chi connectivity index (χ2n) is 7.01. The van der Waals surface area contributed by atoms with Gasteiger partial charge in [0.05, 0.1) is 16.4 Å². The first-order valence-corrected chi connectivity index (χ1v) is 9.81. The van der Waals surface area contributed by atoms with Crippen molar-refractivity contribution in [1.29, 1.82) is 0 Å². The highest BCUT2D eigenvalue weighted by molar-refractivity contribution is 5.94. The van der Waals surface area contributed by atoms with Crippen LogP contribution in [0.2, 0.25) is 0 Å². The molecule has 0 unspecified atom stereocenters. The van der Waals surface area contributed by atoms with Gasteiger partial charge in [0.15, 0.2) is 5.82 Å². The molecule has 0 amide bonds. The summed E-state index contributed by atoms with van der Waals surface area (Å²) in [5.41, 5.74) is 6.29. The van der Waals surface area contributed by atoms with Gasteiger partial charge in [-0.3, -0.25) is 10.1 Å². The first-order valence-electron chi connectivity index (χ1n) is 9.81. The molecule has 0 spiro atoms. The van der Waals surface area contributed by atoms with Crippen molar-refractivity contribution < 1.29 is 0 Å². The van der Waals surface area contributed by atoms with Crippen LogP contribution in [-0.4, -0.2) is 35.1 Å². The van der Waals surface area contributed by atoms with Crippen molar-refractivity contribution in [2.75, 3.05) is 0 Å². The summed E-state index contributed by atoms with van der Waals surface area (Å²) in [6, 6.07) is 10.0. The number of H-pyrrole nitrogens is 2. The number of imidazole rings is 1. The SMILES string of the molecule is C=C(/C=c1/c(-c2nc3c(-c4ccncc4)cccc3[nH]2)n[nH]/c1=C/C)c1cncnc1. The lowest BCUT2D eigenvalue weighted by atomic mass is 10.1. The molecule has 1 aromatic carbocycles. The van der Waals surface area contributed by atoms with Crippen LogP contribution in [0, 0.1) is 0 Å². The zero-order valence-corrected chi connectivity index (χ0v) is 16.9. The minimum atomic E-state index is 0.684. The van der Waals surface area contributed by atoms with E-state index in [0.29, 0.717) is 5.82 Å².